The number of carbonyl (C=O) groups excluding carboxylic acids is 2. The summed E-state index contributed by atoms with van der Waals surface area (Å²) in [5.74, 6) is -0.177. The van der Waals surface area contributed by atoms with Gasteiger partial charge in [-0.25, -0.2) is 0 Å². The highest BCUT2D eigenvalue weighted by atomic mass is 16.5. The molecule has 0 saturated carbocycles. The molecule has 7 nitrogen and oxygen atoms in total. The summed E-state index contributed by atoms with van der Waals surface area (Å²) < 4.78 is 10.7. The number of hydrogen-bond acceptors (Lipinski definition) is 6. The molecule has 23 heavy (non-hydrogen) atoms. The van der Waals surface area contributed by atoms with Gasteiger partial charge in [-0.2, -0.15) is 0 Å². The lowest BCUT2D eigenvalue weighted by atomic mass is 10.3. The molecule has 0 aromatic heterocycles. The number of aliphatic hydroxyl groups is 1. The molecule has 1 heterocycles. The van der Waals surface area contributed by atoms with Crippen molar-refractivity contribution in [3.63, 3.8) is 0 Å². The van der Waals surface area contributed by atoms with Gasteiger partial charge in [0.15, 0.2) is 0 Å². The number of benzene rings is 1. The summed E-state index contributed by atoms with van der Waals surface area (Å²) in [5, 5.41) is 11.8. The van der Waals surface area contributed by atoms with Gasteiger partial charge in [0, 0.05) is 18.4 Å². The third-order valence-electron chi connectivity index (χ3n) is 3.17. The van der Waals surface area contributed by atoms with Crippen LogP contribution in [0.3, 0.4) is 0 Å². The molecule has 0 radical (unpaired) electrons. The number of imide groups is 1. The Labute approximate surface area is 134 Å². The predicted molar refractivity (Wildman–Crippen MR) is 83.9 cm³/mol. The topological polar surface area (TPSA) is 88.1 Å². The first-order valence-corrected chi connectivity index (χ1v) is 7.41. The van der Waals surface area contributed by atoms with Gasteiger partial charge in [0.25, 0.3) is 11.8 Å². The second-order valence-electron chi connectivity index (χ2n) is 4.77. The van der Waals surface area contributed by atoms with Crippen molar-refractivity contribution in [1.82, 2.24) is 4.90 Å². The Balaban J connectivity index is 1.90. The van der Waals surface area contributed by atoms with E-state index in [2.05, 4.69) is 5.32 Å². The zero-order chi connectivity index (χ0) is 16.7. The van der Waals surface area contributed by atoms with Crippen molar-refractivity contribution in [3.8, 4) is 5.75 Å². The standard InChI is InChI=1S/C16H20N2O5/c1-2-22-9-10-23-13-5-3-12(4-6-13)17-14-11-15(20)18(7-8-19)16(14)21/h3-6,11,17,19H,2,7-10H2,1H3. The van der Waals surface area contributed by atoms with Crippen molar-refractivity contribution in [3.05, 3.63) is 36.0 Å². The molecule has 2 amide bonds. The highest BCUT2D eigenvalue weighted by molar-refractivity contribution is 6.17. The number of carbonyl (C=O) groups is 2. The smallest absolute Gasteiger partial charge is 0.277 e. The van der Waals surface area contributed by atoms with Crippen LogP contribution in [0.5, 0.6) is 5.75 Å². The number of nitrogens with one attached hydrogen (secondary N) is 1. The van der Waals surface area contributed by atoms with Crippen LogP contribution in [-0.2, 0) is 14.3 Å². The van der Waals surface area contributed by atoms with Gasteiger partial charge in [0.2, 0.25) is 0 Å². The summed E-state index contributed by atoms with van der Waals surface area (Å²) >= 11 is 0. The molecule has 0 spiro atoms. The van der Waals surface area contributed by atoms with Crippen molar-refractivity contribution in [2.45, 2.75) is 6.92 Å². The van der Waals surface area contributed by atoms with Crippen LogP contribution in [0.25, 0.3) is 0 Å². The van der Waals surface area contributed by atoms with Crippen LogP contribution in [-0.4, -0.2) is 54.8 Å². The van der Waals surface area contributed by atoms with E-state index in [1.165, 1.54) is 6.08 Å². The highest BCUT2D eigenvalue weighted by Gasteiger charge is 2.30. The number of hydrogen-bond donors (Lipinski definition) is 2. The maximum atomic E-state index is 12.0. The van der Waals surface area contributed by atoms with E-state index in [4.69, 9.17) is 14.6 Å². The molecule has 1 aromatic rings. The number of aliphatic hydroxyl groups excluding tert-OH is 1. The van der Waals surface area contributed by atoms with E-state index in [9.17, 15) is 9.59 Å². The molecule has 0 bridgehead atoms. The number of amides is 2. The molecule has 0 fully saturated rings. The van der Waals surface area contributed by atoms with Crippen molar-refractivity contribution in [2.24, 2.45) is 0 Å². The maximum Gasteiger partial charge on any atom is 0.277 e. The fourth-order valence-electron chi connectivity index (χ4n) is 2.06. The SMILES string of the molecule is CCOCCOc1ccc(NC2=CC(=O)N(CCO)C2=O)cc1. The van der Waals surface area contributed by atoms with Crippen LogP contribution in [0.1, 0.15) is 6.92 Å². The van der Waals surface area contributed by atoms with Crippen molar-refractivity contribution in [2.75, 3.05) is 38.3 Å². The van der Waals surface area contributed by atoms with E-state index in [1.807, 2.05) is 6.92 Å². The zero-order valence-electron chi connectivity index (χ0n) is 12.9. The second-order valence-corrected chi connectivity index (χ2v) is 4.77. The molecule has 2 N–H and O–H groups in total. The Hall–Kier alpha value is -2.38. The summed E-state index contributed by atoms with van der Waals surface area (Å²) in [5.41, 5.74) is 0.855. The normalized spacial score (nSPS) is 14.2. The van der Waals surface area contributed by atoms with Crippen LogP contribution >= 0.6 is 0 Å². The number of rotatable bonds is 9. The largest absolute Gasteiger partial charge is 0.491 e. The predicted octanol–water partition coefficient (Wildman–Crippen LogP) is 0.759. The maximum absolute atomic E-state index is 12.0. The van der Waals surface area contributed by atoms with Gasteiger partial charge in [-0.15, -0.1) is 0 Å². The van der Waals surface area contributed by atoms with Gasteiger partial charge in [-0.05, 0) is 31.2 Å². The molecular weight excluding hydrogens is 300 g/mol. The van der Waals surface area contributed by atoms with E-state index >= 15 is 0 Å². The second kappa shape index (κ2) is 8.30. The summed E-state index contributed by atoms with van der Waals surface area (Å²) in [7, 11) is 0. The Kier molecular flexibility index (Phi) is 6.13. The lowest BCUT2D eigenvalue weighted by molar-refractivity contribution is -0.137. The minimum atomic E-state index is -0.443. The molecule has 0 aliphatic carbocycles. The molecule has 1 aliphatic rings. The average Bonchev–Trinajstić information content (AvgIpc) is 2.81. The zero-order valence-corrected chi connectivity index (χ0v) is 12.9. The van der Waals surface area contributed by atoms with Gasteiger partial charge in [0.05, 0.1) is 19.8 Å². The lowest BCUT2D eigenvalue weighted by Gasteiger charge is -2.13. The quantitative estimate of drug-likeness (QED) is 0.516. The van der Waals surface area contributed by atoms with E-state index < -0.39 is 11.8 Å². The summed E-state index contributed by atoms with van der Waals surface area (Å²) in [6.07, 6.45) is 1.23. The van der Waals surface area contributed by atoms with Crippen LogP contribution in [0.15, 0.2) is 36.0 Å². The summed E-state index contributed by atoms with van der Waals surface area (Å²) in [4.78, 5) is 24.6. The molecule has 2 rings (SSSR count). The molecule has 1 aromatic carbocycles. The fraction of sp³-hybridized carbons (Fsp3) is 0.375. The Morgan fingerprint density at radius 1 is 1.17 bits per heavy atom. The van der Waals surface area contributed by atoms with E-state index in [1.54, 1.807) is 24.3 Å². The van der Waals surface area contributed by atoms with Crippen molar-refractivity contribution in [1.29, 1.82) is 0 Å². The average molecular weight is 320 g/mol. The lowest BCUT2D eigenvalue weighted by Crippen LogP contribution is -2.34. The molecule has 0 saturated heterocycles. The molecule has 0 atom stereocenters. The van der Waals surface area contributed by atoms with E-state index in [-0.39, 0.29) is 18.8 Å². The minimum Gasteiger partial charge on any atom is -0.491 e. The van der Waals surface area contributed by atoms with E-state index in [0.29, 0.717) is 31.3 Å². The molecular formula is C16H20N2O5. The van der Waals surface area contributed by atoms with Gasteiger partial charge >= 0.3 is 0 Å². The van der Waals surface area contributed by atoms with Crippen LogP contribution in [0, 0.1) is 0 Å². The van der Waals surface area contributed by atoms with Gasteiger partial charge < -0.3 is 19.9 Å². The molecule has 7 heteroatoms. The third kappa shape index (κ3) is 4.54. The van der Waals surface area contributed by atoms with Crippen LogP contribution < -0.4 is 10.1 Å². The molecule has 1 aliphatic heterocycles. The summed E-state index contributed by atoms with van der Waals surface area (Å²) in [6, 6.07) is 7.04. The molecule has 0 unspecified atom stereocenters. The first-order chi connectivity index (χ1) is 11.2. The van der Waals surface area contributed by atoms with Gasteiger partial charge in [0.1, 0.15) is 18.1 Å². The Morgan fingerprint density at radius 2 is 1.91 bits per heavy atom. The first-order valence-electron chi connectivity index (χ1n) is 7.41. The minimum absolute atomic E-state index is 0.00798. The van der Waals surface area contributed by atoms with Crippen LogP contribution in [0.4, 0.5) is 5.69 Å². The van der Waals surface area contributed by atoms with Crippen molar-refractivity contribution >= 4 is 17.5 Å². The number of ether oxygens (including phenoxy) is 2. The Bertz CT molecular complexity index is 583. The van der Waals surface area contributed by atoms with Crippen LogP contribution in [0.2, 0.25) is 0 Å². The molecule has 124 valence electrons. The highest BCUT2D eigenvalue weighted by Crippen LogP contribution is 2.20. The third-order valence-corrected chi connectivity index (χ3v) is 3.17. The van der Waals surface area contributed by atoms with Gasteiger partial charge in [-0.1, -0.05) is 0 Å². The first kappa shape index (κ1) is 17.0. The Morgan fingerprint density at radius 3 is 2.57 bits per heavy atom. The summed E-state index contributed by atoms with van der Waals surface area (Å²) in [6.45, 7) is 3.31. The number of β-amino-alcohol motifs (C(OH)–C–C–N with tert-alkyl or cyclic N) is 1. The number of nitrogens with zero attached hydrogens (tertiary/aromatic N) is 1. The number of anilines is 1. The monoisotopic (exact) mass is 320 g/mol. The van der Waals surface area contributed by atoms with Crippen molar-refractivity contribution < 1.29 is 24.2 Å². The van der Waals surface area contributed by atoms with E-state index in [0.717, 1.165) is 4.90 Å². The van der Waals surface area contributed by atoms with Gasteiger partial charge in [-0.3, -0.25) is 14.5 Å². The fourth-order valence-corrected chi connectivity index (χ4v) is 2.06.